The third-order valence-electron chi connectivity index (χ3n) is 5.10. The second-order valence-corrected chi connectivity index (χ2v) is 7.78. The molecule has 0 saturated carbocycles. The van der Waals surface area contributed by atoms with E-state index in [1.807, 2.05) is 0 Å². The molecular weight excluding hydrogens is 451 g/mol. The Morgan fingerprint density at radius 3 is 2.56 bits per heavy atom. The Balaban J connectivity index is 1.81. The van der Waals surface area contributed by atoms with Crippen molar-refractivity contribution in [1.82, 2.24) is 10.2 Å². The molecule has 2 aromatic carbocycles. The number of nitrogens with one attached hydrogen (secondary N) is 2. The average Bonchev–Trinajstić information content (AvgIpc) is 2.94. The molecule has 3 rings (SSSR count). The molecule has 1 aliphatic rings. The molecule has 0 radical (unpaired) electrons. The normalized spacial score (nSPS) is 18.5. The van der Waals surface area contributed by atoms with E-state index >= 15 is 0 Å². The number of methoxy groups -OCH3 is 1. The number of anilines is 1. The van der Waals surface area contributed by atoms with Gasteiger partial charge in [0.1, 0.15) is 17.8 Å². The minimum Gasteiger partial charge on any atom is -0.495 e. The topological polar surface area (TPSA) is 87.7 Å². The van der Waals surface area contributed by atoms with Crippen molar-refractivity contribution < 1.29 is 32.3 Å². The highest BCUT2D eigenvalue weighted by atomic mass is 35.5. The quantitative estimate of drug-likeness (QED) is 0.646. The molecule has 0 aliphatic carbocycles. The molecule has 2 N–H and O–H groups in total. The third kappa shape index (κ3) is 4.36. The fourth-order valence-corrected chi connectivity index (χ4v) is 3.46. The van der Waals surface area contributed by atoms with Crippen LogP contribution in [0.1, 0.15) is 23.6 Å². The van der Waals surface area contributed by atoms with Gasteiger partial charge in [0.2, 0.25) is 5.91 Å². The lowest BCUT2D eigenvalue weighted by molar-refractivity contribution is -0.138. The van der Waals surface area contributed by atoms with Crippen LogP contribution in [0.25, 0.3) is 0 Å². The summed E-state index contributed by atoms with van der Waals surface area (Å²) in [4.78, 5) is 38.5. The van der Waals surface area contributed by atoms with Gasteiger partial charge < -0.3 is 15.4 Å². The zero-order valence-corrected chi connectivity index (χ0v) is 18.0. The van der Waals surface area contributed by atoms with Crippen molar-refractivity contribution in [3.8, 4) is 5.75 Å². The summed E-state index contributed by atoms with van der Waals surface area (Å²) >= 11 is 6.04. The van der Waals surface area contributed by atoms with E-state index in [2.05, 4.69) is 10.6 Å². The smallest absolute Gasteiger partial charge is 0.416 e. The van der Waals surface area contributed by atoms with Crippen molar-refractivity contribution in [2.75, 3.05) is 19.0 Å². The minimum absolute atomic E-state index is 0.0522. The average molecular weight is 470 g/mol. The molecule has 2 aromatic rings. The largest absolute Gasteiger partial charge is 0.495 e. The molecule has 170 valence electrons. The van der Waals surface area contributed by atoms with Gasteiger partial charge >= 0.3 is 12.2 Å². The highest BCUT2D eigenvalue weighted by Gasteiger charge is 2.50. The van der Waals surface area contributed by atoms with Crippen LogP contribution in [-0.2, 0) is 21.3 Å². The van der Waals surface area contributed by atoms with Crippen LogP contribution in [0.2, 0.25) is 5.02 Å². The maximum Gasteiger partial charge on any atom is 0.416 e. The molecule has 32 heavy (non-hydrogen) atoms. The Morgan fingerprint density at radius 2 is 1.94 bits per heavy atom. The number of halogens is 4. The van der Waals surface area contributed by atoms with Crippen molar-refractivity contribution in [2.45, 2.75) is 25.6 Å². The Kier molecular flexibility index (Phi) is 6.10. The molecule has 11 heteroatoms. The van der Waals surface area contributed by atoms with Gasteiger partial charge in [-0.05, 0) is 43.2 Å². The molecule has 1 saturated heterocycles. The number of imide groups is 1. The van der Waals surface area contributed by atoms with E-state index in [1.54, 1.807) is 13.0 Å². The van der Waals surface area contributed by atoms with Crippen molar-refractivity contribution in [1.29, 1.82) is 0 Å². The first-order valence-electron chi connectivity index (χ1n) is 9.32. The molecule has 0 bridgehead atoms. The van der Waals surface area contributed by atoms with E-state index < -0.39 is 41.7 Å². The summed E-state index contributed by atoms with van der Waals surface area (Å²) < 4.78 is 44.4. The third-order valence-corrected chi connectivity index (χ3v) is 5.51. The molecule has 0 aromatic heterocycles. The summed E-state index contributed by atoms with van der Waals surface area (Å²) in [6.45, 7) is 2.35. The number of benzene rings is 2. The second kappa shape index (κ2) is 8.34. The van der Waals surface area contributed by atoms with Crippen molar-refractivity contribution in [3.05, 3.63) is 58.1 Å². The number of aryl methyl sites for hydroxylation is 1. The number of rotatable bonds is 5. The minimum atomic E-state index is -4.62. The first-order chi connectivity index (χ1) is 14.9. The number of urea groups is 1. The standard InChI is InChI=1S/C21H19ClF3N3O4/c1-11-7-15(16(32-3)9-14(11)22)26-17(29)10-28-18(30)20(2,27-19(28)31)12-5-4-6-13(8-12)21(23,24)25/h4-9H,10H2,1-3H3,(H,26,29)(H,27,31). The first-order valence-corrected chi connectivity index (χ1v) is 9.70. The maximum atomic E-state index is 13.1. The van der Waals surface area contributed by atoms with Gasteiger partial charge in [0.15, 0.2) is 0 Å². The first kappa shape index (κ1) is 23.4. The fourth-order valence-electron chi connectivity index (χ4n) is 3.31. The zero-order chi connectivity index (χ0) is 23.8. The molecule has 7 nitrogen and oxygen atoms in total. The highest BCUT2D eigenvalue weighted by molar-refractivity contribution is 6.31. The molecule has 1 aliphatic heterocycles. The number of nitrogens with zero attached hydrogens (tertiary/aromatic N) is 1. The van der Waals surface area contributed by atoms with Gasteiger partial charge in [-0.2, -0.15) is 13.2 Å². The second-order valence-electron chi connectivity index (χ2n) is 7.37. The maximum absolute atomic E-state index is 13.1. The summed E-state index contributed by atoms with van der Waals surface area (Å²) in [7, 11) is 1.38. The Morgan fingerprint density at radius 1 is 1.25 bits per heavy atom. The lowest BCUT2D eigenvalue weighted by atomic mass is 9.90. The van der Waals surface area contributed by atoms with Crippen LogP contribution in [0, 0.1) is 6.92 Å². The Bertz CT molecular complexity index is 1110. The van der Waals surface area contributed by atoms with Gasteiger partial charge in [0.25, 0.3) is 5.91 Å². The van der Waals surface area contributed by atoms with Crippen molar-refractivity contribution in [2.24, 2.45) is 0 Å². The number of amides is 4. The summed E-state index contributed by atoms with van der Waals surface area (Å²) in [5.74, 6) is -1.28. The Hall–Kier alpha value is -3.27. The van der Waals surface area contributed by atoms with E-state index in [0.29, 0.717) is 15.5 Å². The van der Waals surface area contributed by atoms with Gasteiger partial charge in [0, 0.05) is 11.1 Å². The van der Waals surface area contributed by atoms with Crippen LogP contribution in [0.15, 0.2) is 36.4 Å². The summed E-state index contributed by atoms with van der Waals surface area (Å²) in [6.07, 6.45) is -4.62. The lowest BCUT2D eigenvalue weighted by Crippen LogP contribution is -2.42. The molecule has 1 atom stereocenters. The van der Waals surface area contributed by atoms with Crippen LogP contribution < -0.4 is 15.4 Å². The van der Waals surface area contributed by atoms with E-state index in [1.165, 1.54) is 26.2 Å². The van der Waals surface area contributed by atoms with Gasteiger partial charge in [0.05, 0.1) is 18.4 Å². The number of hydrogen-bond donors (Lipinski definition) is 2. The predicted molar refractivity (Wildman–Crippen MR) is 110 cm³/mol. The molecule has 1 heterocycles. The number of hydrogen-bond acceptors (Lipinski definition) is 4. The lowest BCUT2D eigenvalue weighted by Gasteiger charge is -2.23. The monoisotopic (exact) mass is 469 g/mol. The molecule has 1 fully saturated rings. The van der Waals surface area contributed by atoms with Gasteiger partial charge in [-0.3, -0.25) is 14.5 Å². The van der Waals surface area contributed by atoms with Crippen LogP contribution in [0.3, 0.4) is 0 Å². The fraction of sp³-hybridized carbons (Fsp3) is 0.286. The highest BCUT2D eigenvalue weighted by Crippen LogP contribution is 2.35. The number of carbonyl (C=O) groups excluding carboxylic acids is 3. The number of alkyl halides is 3. The number of carbonyl (C=O) groups is 3. The predicted octanol–water partition coefficient (Wildman–Crippen LogP) is 4.08. The van der Waals surface area contributed by atoms with Crippen LogP contribution in [0.5, 0.6) is 5.75 Å². The van der Waals surface area contributed by atoms with Gasteiger partial charge in [-0.1, -0.05) is 23.7 Å². The number of ether oxygens (including phenoxy) is 1. The molecule has 1 unspecified atom stereocenters. The summed E-state index contributed by atoms with van der Waals surface area (Å²) in [5, 5.41) is 5.35. The molecule has 4 amide bonds. The zero-order valence-electron chi connectivity index (χ0n) is 17.3. The summed E-state index contributed by atoms with van der Waals surface area (Å²) in [5.41, 5.74) is -1.82. The van der Waals surface area contributed by atoms with E-state index in [9.17, 15) is 27.6 Å². The van der Waals surface area contributed by atoms with Crippen molar-refractivity contribution in [3.63, 3.8) is 0 Å². The van der Waals surface area contributed by atoms with E-state index in [4.69, 9.17) is 16.3 Å². The van der Waals surface area contributed by atoms with Gasteiger partial charge in [-0.25, -0.2) is 4.79 Å². The van der Waals surface area contributed by atoms with Crippen molar-refractivity contribution >= 4 is 35.1 Å². The van der Waals surface area contributed by atoms with Crippen LogP contribution in [0.4, 0.5) is 23.7 Å². The van der Waals surface area contributed by atoms with Crippen LogP contribution >= 0.6 is 11.6 Å². The molecular formula is C21H19ClF3N3O4. The molecule has 0 spiro atoms. The SMILES string of the molecule is COc1cc(Cl)c(C)cc1NC(=O)CN1C(=O)NC(C)(c2cccc(C(F)(F)F)c2)C1=O. The Labute approximate surface area is 186 Å². The van der Waals surface area contributed by atoms with Gasteiger partial charge in [-0.15, -0.1) is 0 Å². The summed E-state index contributed by atoms with van der Waals surface area (Å²) in [6, 6.07) is 6.28. The van der Waals surface area contributed by atoms with Crippen LogP contribution in [-0.4, -0.2) is 36.4 Å². The van der Waals surface area contributed by atoms with E-state index in [-0.39, 0.29) is 17.0 Å². The van der Waals surface area contributed by atoms with E-state index in [0.717, 1.165) is 18.2 Å².